The van der Waals surface area contributed by atoms with Gasteiger partial charge in [0, 0.05) is 25.9 Å². The van der Waals surface area contributed by atoms with Crippen molar-refractivity contribution in [1.82, 2.24) is 14.7 Å². The maximum absolute atomic E-state index is 8.74. The van der Waals surface area contributed by atoms with Crippen LogP contribution in [0.1, 0.15) is 13.3 Å². The van der Waals surface area contributed by atoms with Crippen molar-refractivity contribution < 1.29 is 5.11 Å². The summed E-state index contributed by atoms with van der Waals surface area (Å²) in [6, 6.07) is 1.80. The van der Waals surface area contributed by atoms with E-state index in [2.05, 4.69) is 16.9 Å². The van der Waals surface area contributed by atoms with Crippen LogP contribution in [-0.4, -0.2) is 46.0 Å². The molecular formula is C10H20N4O. The van der Waals surface area contributed by atoms with Crippen LogP contribution in [0.15, 0.2) is 12.3 Å². The topological polar surface area (TPSA) is 67.3 Å². The first kappa shape index (κ1) is 12.0. The molecule has 0 fully saturated rings. The van der Waals surface area contributed by atoms with Gasteiger partial charge in [0.25, 0.3) is 0 Å². The molecular weight excluding hydrogens is 192 g/mol. The second-order valence-electron chi connectivity index (χ2n) is 3.52. The summed E-state index contributed by atoms with van der Waals surface area (Å²) in [6.07, 6.45) is 2.71. The molecule has 0 atom stereocenters. The smallest absolute Gasteiger partial charge is 0.145 e. The summed E-state index contributed by atoms with van der Waals surface area (Å²) in [5.41, 5.74) is 5.52. The van der Waals surface area contributed by atoms with Crippen molar-refractivity contribution in [2.24, 2.45) is 0 Å². The lowest BCUT2D eigenvalue weighted by atomic mass is 10.4. The zero-order valence-electron chi connectivity index (χ0n) is 9.26. The van der Waals surface area contributed by atoms with E-state index in [1.54, 1.807) is 6.07 Å². The molecule has 0 radical (unpaired) electrons. The van der Waals surface area contributed by atoms with E-state index in [-0.39, 0.29) is 6.61 Å². The molecule has 15 heavy (non-hydrogen) atoms. The van der Waals surface area contributed by atoms with E-state index in [4.69, 9.17) is 10.8 Å². The molecule has 1 aromatic heterocycles. The van der Waals surface area contributed by atoms with E-state index in [1.807, 2.05) is 10.9 Å². The molecule has 1 rings (SSSR count). The number of likely N-dealkylation sites (N-methyl/N-ethyl adjacent to an activating group) is 1. The molecule has 0 unspecified atom stereocenters. The number of hydrogen-bond acceptors (Lipinski definition) is 4. The van der Waals surface area contributed by atoms with Crippen LogP contribution in [0.4, 0.5) is 5.82 Å². The monoisotopic (exact) mass is 212 g/mol. The van der Waals surface area contributed by atoms with Crippen LogP contribution < -0.4 is 5.73 Å². The van der Waals surface area contributed by atoms with E-state index >= 15 is 0 Å². The highest BCUT2D eigenvalue weighted by Crippen LogP contribution is 1.97. The number of anilines is 1. The van der Waals surface area contributed by atoms with Gasteiger partial charge in [-0.25, -0.2) is 0 Å². The number of aliphatic hydroxyl groups is 1. The van der Waals surface area contributed by atoms with Gasteiger partial charge < -0.3 is 15.7 Å². The Bertz CT molecular complexity index is 274. The Balaban J connectivity index is 2.27. The molecule has 1 aromatic rings. The van der Waals surface area contributed by atoms with Crippen LogP contribution in [0.25, 0.3) is 0 Å². The van der Waals surface area contributed by atoms with Gasteiger partial charge in [0.2, 0.25) is 0 Å². The predicted octanol–water partition coefficient (Wildman–Crippen LogP) is 0.170. The third-order valence-corrected chi connectivity index (χ3v) is 2.39. The van der Waals surface area contributed by atoms with Gasteiger partial charge in [-0.15, -0.1) is 0 Å². The normalized spacial score (nSPS) is 11.1. The minimum Gasteiger partial charge on any atom is -0.396 e. The zero-order valence-corrected chi connectivity index (χ0v) is 9.26. The average molecular weight is 212 g/mol. The summed E-state index contributed by atoms with van der Waals surface area (Å²) < 4.78 is 1.84. The molecule has 0 saturated heterocycles. The van der Waals surface area contributed by atoms with E-state index < -0.39 is 0 Å². The summed E-state index contributed by atoms with van der Waals surface area (Å²) in [6.45, 7) is 6.09. The molecule has 5 heteroatoms. The Morgan fingerprint density at radius 1 is 1.53 bits per heavy atom. The first-order valence-electron chi connectivity index (χ1n) is 5.38. The van der Waals surface area contributed by atoms with Crippen LogP contribution in [0, 0.1) is 0 Å². The number of aliphatic hydroxyl groups excluding tert-OH is 1. The van der Waals surface area contributed by atoms with Crippen molar-refractivity contribution in [2.75, 3.05) is 32.0 Å². The lowest BCUT2D eigenvalue weighted by Crippen LogP contribution is -2.29. The number of nitrogens with two attached hydrogens (primary N) is 1. The van der Waals surface area contributed by atoms with Crippen LogP contribution in [0.5, 0.6) is 0 Å². The van der Waals surface area contributed by atoms with Gasteiger partial charge in [-0.3, -0.25) is 4.68 Å². The largest absolute Gasteiger partial charge is 0.396 e. The van der Waals surface area contributed by atoms with Gasteiger partial charge >= 0.3 is 0 Å². The summed E-state index contributed by atoms with van der Waals surface area (Å²) in [5, 5.41) is 12.9. The van der Waals surface area contributed by atoms with E-state index in [0.717, 1.165) is 32.6 Å². The molecule has 1 heterocycles. The first-order chi connectivity index (χ1) is 7.26. The molecule has 0 aliphatic heterocycles. The minimum atomic E-state index is 0.255. The number of nitrogen functional groups attached to an aromatic ring is 1. The maximum atomic E-state index is 8.74. The van der Waals surface area contributed by atoms with Crippen molar-refractivity contribution in [3.8, 4) is 0 Å². The van der Waals surface area contributed by atoms with Crippen molar-refractivity contribution in [3.05, 3.63) is 12.3 Å². The molecule has 0 aliphatic carbocycles. The molecule has 0 bridgehead atoms. The Morgan fingerprint density at radius 3 is 2.87 bits per heavy atom. The Labute approximate surface area is 90.5 Å². The van der Waals surface area contributed by atoms with Crippen LogP contribution in [0.3, 0.4) is 0 Å². The number of hydrogen-bond donors (Lipinski definition) is 2. The van der Waals surface area contributed by atoms with E-state index in [1.165, 1.54) is 0 Å². The lowest BCUT2D eigenvalue weighted by Gasteiger charge is -2.19. The molecule has 3 N–H and O–H groups in total. The van der Waals surface area contributed by atoms with E-state index in [9.17, 15) is 0 Å². The Morgan fingerprint density at radius 2 is 2.33 bits per heavy atom. The van der Waals surface area contributed by atoms with Crippen LogP contribution >= 0.6 is 0 Å². The minimum absolute atomic E-state index is 0.255. The lowest BCUT2D eigenvalue weighted by molar-refractivity contribution is 0.223. The quantitative estimate of drug-likeness (QED) is 0.676. The second-order valence-corrected chi connectivity index (χ2v) is 3.52. The Hall–Kier alpha value is -1.07. The van der Waals surface area contributed by atoms with Gasteiger partial charge in [-0.2, -0.15) is 5.10 Å². The van der Waals surface area contributed by atoms with Gasteiger partial charge in [0.05, 0.1) is 6.54 Å². The zero-order chi connectivity index (χ0) is 11.1. The molecule has 86 valence electrons. The summed E-state index contributed by atoms with van der Waals surface area (Å²) >= 11 is 0. The predicted molar refractivity (Wildman–Crippen MR) is 60.5 cm³/mol. The highest BCUT2D eigenvalue weighted by Gasteiger charge is 2.02. The summed E-state index contributed by atoms with van der Waals surface area (Å²) in [7, 11) is 0. The fourth-order valence-electron chi connectivity index (χ4n) is 1.47. The molecule has 0 saturated carbocycles. The van der Waals surface area contributed by atoms with Crippen LogP contribution in [-0.2, 0) is 6.54 Å². The van der Waals surface area contributed by atoms with Gasteiger partial charge in [-0.05, 0) is 19.0 Å². The van der Waals surface area contributed by atoms with Crippen molar-refractivity contribution in [2.45, 2.75) is 19.9 Å². The third-order valence-electron chi connectivity index (χ3n) is 2.39. The summed E-state index contributed by atoms with van der Waals surface area (Å²) in [5.74, 6) is 0.563. The van der Waals surface area contributed by atoms with Gasteiger partial charge in [0.1, 0.15) is 5.82 Å². The first-order valence-corrected chi connectivity index (χ1v) is 5.38. The second kappa shape index (κ2) is 6.42. The average Bonchev–Trinajstić information content (AvgIpc) is 2.65. The molecule has 0 aliphatic rings. The Kier molecular flexibility index (Phi) is 5.14. The van der Waals surface area contributed by atoms with Gasteiger partial charge in [-0.1, -0.05) is 6.92 Å². The highest BCUT2D eigenvalue weighted by atomic mass is 16.3. The third kappa shape index (κ3) is 4.31. The standard InChI is InChI=1S/C10H20N4O/c1-2-13(5-3-9-15)7-8-14-6-4-10(11)12-14/h4,6,15H,2-3,5,7-9H2,1H3,(H2,11,12). The van der Waals surface area contributed by atoms with Crippen LogP contribution in [0.2, 0.25) is 0 Å². The van der Waals surface area contributed by atoms with Crippen molar-refractivity contribution in [3.63, 3.8) is 0 Å². The molecule has 0 spiro atoms. The number of nitrogens with zero attached hydrogens (tertiary/aromatic N) is 3. The van der Waals surface area contributed by atoms with Gasteiger partial charge in [0.15, 0.2) is 0 Å². The fourth-order valence-corrected chi connectivity index (χ4v) is 1.47. The SMILES string of the molecule is CCN(CCCO)CCn1ccc(N)n1. The van der Waals surface area contributed by atoms with Crippen molar-refractivity contribution >= 4 is 5.82 Å². The van der Waals surface area contributed by atoms with Crippen molar-refractivity contribution in [1.29, 1.82) is 0 Å². The number of rotatable bonds is 7. The fraction of sp³-hybridized carbons (Fsp3) is 0.700. The molecule has 0 amide bonds. The summed E-state index contributed by atoms with van der Waals surface area (Å²) in [4.78, 5) is 2.29. The molecule has 5 nitrogen and oxygen atoms in total. The molecule has 0 aromatic carbocycles. The number of aromatic nitrogens is 2. The maximum Gasteiger partial charge on any atom is 0.145 e. The highest BCUT2D eigenvalue weighted by molar-refractivity contribution is 5.23. The van der Waals surface area contributed by atoms with E-state index in [0.29, 0.717) is 5.82 Å².